The molecule has 212 valence electrons. The van der Waals surface area contributed by atoms with Crippen LogP contribution in [0, 0.1) is 5.82 Å². The second-order valence-electron chi connectivity index (χ2n) is 9.73. The Morgan fingerprint density at radius 3 is 2.70 bits per heavy atom. The summed E-state index contributed by atoms with van der Waals surface area (Å²) in [5.74, 6) is -1.06. The number of aryl methyl sites for hydroxylation is 1. The lowest BCUT2D eigenvalue weighted by molar-refractivity contribution is -0.137. The zero-order valence-corrected chi connectivity index (χ0v) is 23.2. The smallest absolute Gasteiger partial charge is 0.407 e. The summed E-state index contributed by atoms with van der Waals surface area (Å²) in [6.07, 6.45) is 2.80. The Morgan fingerprint density at radius 2 is 1.93 bits per heavy atom. The Kier molecular flexibility index (Phi) is 9.27. The molecule has 11 nitrogen and oxygen atoms in total. The molecule has 1 amide bonds. The number of ether oxygens (including phenoxy) is 3. The summed E-state index contributed by atoms with van der Waals surface area (Å²) >= 11 is 1.47. The number of rotatable bonds is 12. The van der Waals surface area contributed by atoms with Gasteiger partial charge in [-0.3, -0.25) is 9.48 Å². The number of alkyl carbamates (subject to hydrolysis) is 1. The molecule has 0 atom stereocenters. The third kappa shape index (κ3) is 7.73. The standard InChI is InChI=1S/C27H30FN5O6S/c1-27(2,3)39-26(36)29-8-10-37-11-12-38-21-14-18(28)4-5-19(21)24-25-20(7-13-40-25)23(31-32-24)17-15-30-33(16-17)9-6-22(34)35/h4-5,7,13-16H,6,8-12H2,1-3H3,(H,29,36)(H,34,35). The molecule has 4 aromatic rings. The number of carboxylic acids is 1. The highest BCUT2D eigenvalue weighted by Crippen LogP contribution is 2.39. The maximum Gasteiger partial charge on any atom is 0.407 e. The molecule has 0 saturated heterocycles. The van der Waals surface area contributed by atoms with Crippen molar-refractivity contribution in [2.24, 2.45) is 0 Å². The fourth-order valence-corrected chi connectivity index (χ4v) is 4.64. The Labute approximate surface area is 233 Å². The normalized spacial score (nSPS) is 11.5. The number of amides is 1. The summed E-state index contributed by atoms with van der Waals surface area (Å²) in [6.45, 7) is 6.50. The molecule has 0 aliphatic heterocycles. The van der Waals surface area contributed by atoms with Gasteiger partial charge in [0.05, 0.1) is 37.1 Å². The predicted molar refractivity (Wildman–Crippen MR) is 147 cm³/mol. The molecule has 0 saturated carbocycles. The third-order valence-corrected chi connectivity index (χ3v) is 6.37. The highest BCUT2D eigenvalue weighted by molar-refractivity contribution is 7.17. The van der Waals surface area contributed by atoms with Gasteiger partial charge in [-0.05, 0) is 44.4 Å². The van der Waals surface area contributed by atoms with Crippen LogP contribution in [0.25, 0.3) is 32.6 Å². The quantitative estimate of drug-likeness (QED) is 0.231. The Morgan fingerprint density at radius 1 is 1.12 bits per heavy atom. The van der Waals surface area contributed by atoms with Gasteiger partial charge in [0.15, 0.2) is 0 Å². The van der Waals surface area contributed by atoms with Gasteiger partial charge in [0.25, 0.3) is 0 Å². The maximum absolute atomic E-state index is 14.1. The van der Waals surface area contributed by atoms with Crippen LogP contribution in [0.5, 0.6) is 5.75 Å². The van der Waals surface area contributed by atoms with Crippen molar-refractivity contribution in [2.45, 2.75) is 39.3 Å². The first-order valence-corrected chi connectivity index (χ1v) is 13.4. The Balaban J connectivity index is 1.42. The van der Waals surface area contributed by atoms with Crippen molar-refractivity contribution in [3.63, 3.8) is 0 Å². The van der Waals surface area contributed by atoms with Crippen LogP contribution < -0.4 is 10.1 Å². The zero-order valence-electron chi connectivity index (χ0n) is 22.3. The van der Waals surface area contributed by atoms with Crippen molar-refractivity contribution in [1.82, 2.24) is 25.3 Å². The summed E-state index contributed by atoms with van der Waals surface area (Å²) in [4.78, 5) is 22.6. The molecule has 0 fully saturated rings. The molecule has 40 heavy (non-hydrogen) atoms. The fraction of sp³-hybridized carbons (Fsp3) is 0.370. The van der Waals surface area contributed by atoms with Crippen molar-refractivity contribution in [3.05, 3.63) is 47.9 Å². The minimum Gasteiger partial charge on any atom is -0.490 e. The number of aromatic nitrogens is 4. The molecule has 0 spiro atoms. The molecule has 1 aromatic carbocycles. The first-order valence-electron chi connectivity index (χ1n) is 12.6. The van der Waals surface area contributed by atoms with E-state index in [1.54, 1.807) is 43.9 Å². The summed E-state index contributed by atoms with van der Waals surface area (Å²) < 4.78 is 33.1. The van der Waals surface area contributed by atoms with Gasteiger partial charge in [-0.2, -0.15) is 5.10 Å². The Hall–Kier alpha value is -4.10. The van der Waals surface area contributed by atoms with Gasteiger partial charge in [-0.25, -0.2) is 9.18 Å². The first kappa shape index (κ1) is 28.9. The van der Waals surface area contributed by atoms with E-state index in [4.69, 9.17) is 19.3 Å². The summed E-state index contributed by atoms with van der Waals surface area (Å²) in [7, 11) is 0. The van der Waals surface area contributed by atoms with E-state index in [1.165, 1.54) is 23.5 Å². The fourth-order valence-electron chi connectivity index (χ4n) is 3.75. The SMILES string of the molecule is CC(C)(C)OC(=O)NCCOCCOc1cc(F)ccc1-c1nnc(-c2cnn(CCC(=O)O)c2)c2ccsc12. The summed E-state index contributed by atoms with van der Waals surface area (Å²) in [5.41, 5.74) is 1.87. The van der Waals surface area contributed by atoms with Gasteiger partial charge in [-0.15, -0.1) is 21.5 Å². The lowest BCUT2D eigenvalue weighted by atomic mass is 10.1. The first-order chi connectivity index (χ1) is 19.1. The van der Waals surface area contributed by atoms with Crippen molar-refractivity contribution < 1.29 is 33.3 Å². The van der Waals surface area contributed by atoms with Gasteiger partial charge < -0.3 is 24.6 Å². The lowest BCUT2D eigenvalue weighted by Crippen LogP contribution is -2.34. The van der Waals surface area contributed by atoms with Crippen LogP contribution >= 0.6 is 11.3 Å². The van der Waals surface area contributed by atoms with Crippen molar-refractivity contribution in [2.75, 3.05) is 26.4 Å². The molecule has 2 N–H and O–H groups in total. The van der Waals surface area contributed by atoms with Crippen LogP contribution in [0.3, 0.4) is 0 Å². The molecule has 3 aromatic heterocycles. The number of fused-ring (bicyclic) bond motifs is 1. The molecule has 0 radical (unpaired) electrons. The maximum atomic E-state index is 14.1. The van der Waals surface area contributed by atoms with E-state index in [1.807, 2.05) is 11.4 Å². The van der Waals surface area contributed by atoms with E-state index < -0.39 is 23.5 Å². The topological polar surface area (TPSA) is 138 Å². The molecular formula is C27H30FN5O6S. The molecule has 0 bridgehead atoms. The number of carbonyl (C=O) groups excluding carboxylic acids is 1. The third-order valence-electron chi connectivity index (χ3n) is 5.45. The van der Waals surface area contributed by atoms with Crippen LogP contribution in [0.1, 0.15) is 27.2 Å². The second kappa shape index (κ2) is 12.8. The van der Waals surface area contributed by atoms with Gasteiger partial charge in [0.2, 0.25) is 0 Å². The average molecular weight is 572 g/mol. The van der Waals surface area contributed by atoms with Crippen molar-refractivity contribution >= 4 is 33.5 Å². The van der Waals surface area contributed by atoms with Crippen LogP contribution in [0.2, 0.25) is 0 Å². The number of nitrogens with zero attached hydrogens (tertiary/aromatic N) is 4. The molecule has 0 unspecified atom stereocenters. The molecule has 3 heterocycles. The number of hydrogen-bond donors (Lipinski definition) is 2. The van der Waals surface area contributed by atoms with Gasteiger partial charge in [0, 0.05) is 35.3 Å². The summed E-state index contributed by atoms with van der Waals surface area (Å²) in [5, 5.41) is 27.4. The molecule has 13 heteroatoms. The number of benzene rings is 1. The van der Waals surface area contributed by atoms with Crippen LogP contribution in [-0.2, 0) is 20.8 Å². The second-order valence-corrected chi connectivity index (χ2v) is 10.6. The molecule has 0 aliphatic rings. The lowest BCUT2D eigenvalue weighted by Gasteiger charge is -2.19. The van der Waals surface area contributed by atoms with Gasteiger partial charge in [0.1, 0.15) is 35.2 Å². The van der Waals surface area contributed by atoms with E-state index in [0.29, 0.717) is 28.3 Å². The number of carbonyl (C=O) groups is 2. The van der Waals surface area contributed by atoms with E-state index >= 15 is 0 Å². The minimum atomic E-state index is -0.902. The number of hydrogen-bond acceptors (Lipinski definition) is 9. The Bertz CT molecular complexity index is 1480. The van der Waals surface area contributed by atoms with E-state index in [9.17, 15) is 14.0 Å². The largest absolute Gasteiger partial charge is 0.490 e. The predicted octanol–water partition coefficient (Wildman–Crippen LogP) is 4.76. The molecule has 0 aliphatic carbocycles. The zero-order chi connectivity index (χ0) is 28.7. The number of aliphatic carboxylic acids is 1. The van der Waals surface area contributed by atoms with Gasteiger partial charge >= 0.3 is 12.1 Å². The number of thiophene rings is 1. The van der Waals surface area contributed by atoms with Crippen LogP contribution in [-0.4, -0.2) is 69.1 Å². The van der Waals surface area contributed by atoms with Crippen molar-refractivity contribution in [3.8, 4) is 28.3 Å². The minimum absolute atomic E-state index is 0.0407. The molecular weight excluding hydrogens is 541 g/mol. The van der Waals surface area contributed by atoms with Crippen LogP contribution in [0.4, 0.5) is 9.18 Å². The van der Waals surface area contributed by atoms with Gasteiger partial charge in [-0.1, -0.05) is 0 Å². The van der Waals surface area contributed by atoms with E-state index in [0.717, 1.165) is 10.1 Å². The molecule has 4 rings (SSSR count). The van der Waals surface area contributed by atoms with E-state index in [2.05, 4.69) is 20.6 Å². The monoisotopic (exact) mass is 571 g/mol. The highest BCUT2D eigenvalue weighted by Gasteiger charge is 2.19. The highest BCUT2D eigenvalue weighted by atomic mass is 32.1. The number of nitrogens with one attached hydrogen (secondary N) is 1. The number of carboxylic acid groups (broad SMARTS) is 1. The van der Waals surface area contributed by atoms with Crippen molar-refractivity contribution in [1.29, 1.82) is 0 Å². The average Bonchev–Trinajstić information content (AvgIpc) is 3.56. The summed E-state index contributed by atoms with van der Waals surface area (Å²) in [6, 6.07) is 6.15. The van der Waals surface area contributed by atoms with E-state index in [-0.39, 0.29) is 39.3 Å². The van der Waals surface area contributed by atoms with Crippen LogP contribution in [0.15, 0.2) is 42.0 Å². The number of halogens is 1.